The highest BCUT2D eigenvalue weighted by molar-refractivity contribution is 6.09. The van der Waals surface area contributed by atoms with E-state index in [-0.39, 0.29) is 0 Å². The van der Waals surface area contributed by atoms with E-state index in [1.54, 1.807) is 7.11 Å². The third-order valence-electron chi connectivity index (χ3n) is 6.97. The lowest BCUT2D eigenvalue weighted by Crippen LogP contribution is -2.06. The summed E-state index contributed by atoms with van der Waals surface area (Å²) in [5.41, 5.74) is 7.68. The van der Waals surface area contributed by atoms with E-state index in [9.17, 15) is 0 Å². The lowest BCUT2D eigenvalue weighted by molar-refractivity contribution is 0.128. The highest BCUT2D eigenvalue weighted by atomic mass is 16.5. The minimum Gasteiger partial charge on any atom is -0.496 e. The third kappa shape index (κ3) is 3.83. The van der Waals surface area contributed by atoms with Crippen molar-refractivity contribution in [3.8, 4) is 16.9 Å². The van der Waals surface area contributed by atoms with Crippen molar-refractivity contribution in [1.29, 1.82) is 0 Å². The van der Waals surface area contributed by atoms with E-state index < -0.39 is 0 Å². The first-order chi connectivity index (χ1) is 17.5. The van der Waals surface area contributed by atoms with Gasteiger partial charge >= 0.3 is 0 Å². The molecular formula is C27H30N6O3. The van der Waals surface area contributed by atoms with Crippen LogP contribution in [0, 0.1) is 13.8 Å². The molecule has 0 radical (unpaired) electrons. The first kappa shape index (κ1) is 22.7. The predicted molar refractivity (Wildman–Crippen MR) is 136 cm³/mol. The van der Waals surface area contributed by atoms with Crippen molar-refractivity contribution in [3.05, 3.63) is 52.6 Å². The Kier molecular flexibility index (Phi) is 5.52. The molecule has 4 heterocycles. The van der Waals surface area contributed by atoms with Crippen LogP contribution in [-0.2, 0) is 24.8 Å². The second kappa shape index (κ2) is 8.74. The molecule has 9 nitrogen and oxygen atoms in total. The molecule has 0 amide bonds. The Morgan fingerprint density at radius 3 is 2.69 bits per heavy atom. The third-order valence-corrected chi connectivity index (χ3v) is 6.97. The van der Waals surface area contributed by atoms with E-state index in [4.69, 9.17) is 29.1 Å². The van der Waals surface area contributed by atoms with Crippen molar-refractivity contribution in [1.82, 2.24) is 29.9 Å². The highest BCUT2D eigenvalue weighted by Crippen LogP contribution is 2.41. The van der Waals surface area contributed by atoms with Crippen molar-refractivity contribution in [3.63, 3.8) is 0 Å². The summed E-state index contributed by atoms with van der Waals surface area (Å²) in [5.74, 6) is 2.76. The molecule has 1 aliphatic carbocycles. The monoisotopic (exact) mass is 486 g/mol. The summed E-state index contributed by atoms with van der Waals surface area (Å²) in [7, 11) is 3.69. The van der Waals surface area contributed by atoms with Crippen molar-refractivity contribution in [2.24, 2.45) is 7.05 Å². The van der Waals surface area contributed by atoms with Gasteiger partial charge < -0.3 is 19.0 Å². The van der Waals surface area contributed by atoms with Crippen LogP contribution >= 0.6 is 0 Å². The van der Waals surface area contributed by atoms with Gasteiger partial charge in [0, 0.05) is 53.5 Å². The average Bonchev–Trinajstić information content (AvgIpc) is 3.45. The molecule has 5 aromatic rings. The number of H-pyrrole nitrogens is 1. The van der Waals surface area contributed by atoms with E-state index in [2.05, 4.69) is 28.3 Å². The Bertz CT molecular complexity index is 1570. The molecule has 1 aliphatic rings. The normalized spacial score (nSPS) is 13.8. The minimum absolute atomic E-state index is 0.362. The van der Waals surface area contributed by atoms with Crippen LogP contribution < -0.4 is 4.74 Å². The number of ether oxygens (including phenoxy) is 2. The summed E-state index contributed by atoms with van der Waals surface area (Å²) in [6.45, 7) is 6.79. The van der Waals surface area contributed by atoms with Gasteiger partial charge in [0.05, 0.1) is 29.8 Å². The predicted octanol–water partition coefficient (Wildman–Crippen LogP) is 5.13. The Morgan fingerprint density at radius 1 is 1.17 bits per heavy atom. The summed E-state index contributed by atoms with van der Waals surface area (Å²) in [6, 6.07) is 6.37. The maximum absolute atomic E-state index is 5.84. The van der Waals surface area contributed by atoms with Crippen LogP contribution in [0.25, 0.3) is 33.1 Å². The molecule has 1 N–H and O–H groups in total. The smallest absolute Gasteiger partial charge is 0.156 e. The summed E-state index contributed by atoms with van der Waals surface area (Å²) in [6.07, 6.45) is 3.10. The number of benzene rings is 1. The second-order valence-corrected chi connectivity index (χ2v) is 9.50. The quantitative estimate of drug-likeness (QED) is 0.324. The van der Waals surface area contributed by atoms with Crippen LogP contribution in [0.2, 0.25) is 0 Å². The Hall–Kier alpha value is -3.72. The molecule has 9 heteroatoms. The zero-order valence-electron chi connectivity index (χ0n) is 21.3. The number of hydrogen-bond donors (Lipinski definition) is 1. The average molecular weight is 487 g/mol. The summed E-state index contributed by atoms with van der Waals surface area (Å²) in [4.78, 5) is 13.3. The zero-order valence-corrected chi connectivity index (χ0v) is 21.3. The van der Waals surface area contributed by atoms with Gasteiger partial charge in [-0.05, 0) is 51.8 Å². The molecule has 0 unspecified atom stereocenters. The Morgan fingerprint density at radius 2 is 2.00 bits per heavy atom. The van der Waals surface area contributed by atoms with Crippen LogP contribution in [0.1, 0.15) is 60.0 Å². The van der Waals surface area contributed by atoms with Crippen LogP contribution in [0.3, 0.4) is 0 Å². The molecule has 0 spiro atoms. The molecule has 0 atom stereocenters. The van der Waals surface area contributed by atoms with Crippen molar-refractivity contribution >= 4 is 21.9 Å². The van der Waals surface area contributed by atoms with Crippen molar-refractivity contribution in [2.45, 2.75) is 52.6 Å². The molecule has 0 bridgehead atoms. The molecule has 1 saturated carbocycles. The van der Waals surface area contributed by atoms with Gasteiger partial charge in [0.1, 0.15) is 23.8 Å². The van der Waals surface area contributed by atoms with Gasteiger partial charge in [-0.1, -0.05) is 5.16 Å². The SMILES string of the molecule is CCOCc1nc(Cc2cc(C3CC3)nn2C)c2c(n1)[nH]c1cc(-c3c(C)noc3C)c(OC)cc12. The number of aryl methyl sites for hydroxylation is 3. The zero-order chi connectivity index (χ0) is 25.0. The van der Waals surface area contributed by atoms with E-state index >= 15 is 0 Å². The van der Waals surface area contributed by atoms with Crippen LogP contribution in [-0.4, -0.2) is 43.6 Å². The van der Waals surface area contributed by atoms with Gasteiger partial charge in [-0.3, -0.25) is 4.68 Å². The van der Waals surface area contributed by atoms with E-state index in [0.29, 0.717) is 31.4 Å². The fourth-order valence-corrected chi connectivity index (χ4v) is 5.01. The second-order valence-electron chi connectivity index (χ2n) is 9.50. The summed E-state index contributed by atoms with van der Waals surface area (Å²) >= 11 is 0. The van der Waals surface area contributed by atoms with E-state index in [1.807, 2.05) is 32.5 Å². The standard InChI is InChI=1S/C27H30N6O3/c1-6-35-13-24-28-22(10-17-9-20(16-7-8-16)31-33(17)4)26-18-12-23(34-5)19(11-21(18)29-27(26)30-24)25-14(2)32-36-15(25)3/h9,11-12,16H,6-8,10,13H2,1-5H3,(H,28,29,30). The van der Waals surface area contributed by atoms with Crippen LogP contribution in [0.15, 0.2) is 22.7 Å². The number of fused-ring (bicyclic) bond motifs is 3. The lowest BCUT2D eigenvalue weighted by Gasteiger charge is -2.10. The molecule has 0 aliphatic heterocycles. The Labute approximate surface area is 208 Å². The fraction of sp³-hybridized carbons (Fsp3) is 0.407. The molecule has 36 heavy (non-hydrogen) atoms. The van der Waals surface area contributed by atoms with Crippen molar-refractivity contribution in [2.75, 3.05) is 13.7 Å². The number of aromatic amines is 1. The molecule has 1 aromatic carbocycles. The summed E-state index contributed by atoms with van der Waals surface area (Å²) < 4.78 is 18.9. The molecule has 4 aromatic heterocycles. The number of hydrogen-bond acceptors (Lipinski definition) is 7. The number of aromatic nitrogens is 6. The largest absolute Gasteiger partial charge is 0.496 e. The van der Waals surface area contributed by atoms with Gasteiger partial charge in [-0.2, -0.15) is 5.10 Å². The van der Waals surface area contributed by atoms with Gasteiger partial charge in [0.25, 0.3) is 0 Å². The van der Waals surface area contributed by atoms with Gasteiger partial charge in [-0.25, -0.2) is 9.97 Å². The fourth-order valence-electron chi connectivity index (χ4n) is 5.01. The van der Waals surface area contributed by atoms with Crippen LogP contribution in [0.5, 0.6) is 5.75 Å². The number of nitrogens with zero attached hydrogens (tertiary/aromatic N) is 5. The molecular weight excluding hydrogens is 456 g/mol. The number of nitrogens with one attached hydrogen (secondary N) is 1. The van der Waals surface area contributed by atoms with Gasteiger partial charge in [-0.15, -0.1) is 0 Å². The number of rotatable bonds is 8. The van der Waals surface area contributed by atoms with Crippen molar-refractivity contribution < 1.29 is 14.0 Å². The highest BCUT2D eigenvalue weighted by Gasteiger charge is 2.27. The van der Waals surface area contributed by atoms with E-state index in [0.717, 1.165) is 61.7 Å². The first-order valence-corrected chi connectivity index (χ1v) is 12.4. The lowest BCUT2D eigenvalue weighted by atomic mass is 10.00. The van der Waals surface area contributed by atoms with Gasteiger partial charge in [0.2, 0.25) is 0 Å². The Balaban J connectivity index is 1.54. The van der Waals surface area contributed by atoms with Gasteiger partial charge in [0.15, 0.2) is 5.82 Å². The maximum atomic E-state index is 5.84. The molecule has 0 saturated heterocycles. The first-order valence-electron chi connectivity index (χ1n) is 12.4. The topological polar surface area (TPSA) is 104 Å². The molecule has 186 valence electrons. The summed E-state index contributed by atoms with van der Waals surface area (Å²) in [5, 5.41) is 10.9. The molecule has 1 fully saturated rings. The molecule has 6 rings (SSSR count). The number of methoxy groups -OCH3 is 1. The minimum atomic E-state index is 0.362. The van der Waals surface area contributed by atoms with Crippen LogP contribution in [0.4, 0.5) is 0 Å². The maximum Gasteiger partial charge on any atom is 0.156 e. The van der Waals surface area contributed by atoms with E-state index in [1.165, 1.54) is 18.5 Å².